The zero-order valence-electron chi connectivity index (χ0n) is 20.8. The lowest BCUT2D eigenvalue weighted by molar-refractivity contribution is -0.141. The van der Waals surface area contributed by atoms with Gasteiger partial charge in [0.2, 0.25) is 5.91 Å². The van der Waals surface area contributed by atoms with Crippen LogP contribution in [0.4, 0.5) is 0 Å². The molecule has 36 heavy (non-hydrogen) atoms. The van der Waals surface area contributed by atoms with Crippen LogP contribution in [0.2, 0.25) is 0 Å². The highest BCUT2D eigenvalue weighted by molar-refractivity contribution is 7.98. The molecule has 188 valence electrons. The second kappa shape index (κ2) is 10.6. The molecule has 1 amide bonds. The van der Waals surface area contributed by atoms with Crippen molar-refractivity contribution in [1.82, 2.24) is 5.32 Å². The summed E-state index contributed by atoms with van der Waals surface area (Å²) in [5.41, 5.74) is 4.58. The van der Waals surface area contributed by atoms with Gasteiger partial charge in [-0.1, -0.05) is 30.3 Å². The number of hydrogen-bond acceptors (Lipinski definition) is 6. The number of furan rings is 1. The van der Waals surface area contributed by atoms with Gasteiger partial charge in [-0.3, -0.25) is 4.79 Å². The molecule has 2 N–H and O–H groups in total. The van der Waals surface area contributed by atoms with Crippen LogP contribution >= 0.6 is 11.8 Å². The van der Waals surface area contributed by atoms with Crippen LogP contribution in [-0.2, 0) is 16.0 Å². The molecule has 0 spiro atoms. The summed E-state index contributed by atoms with van der Waals surface area (Å²) in [5.74, 6) is -0.0774. The Morgan fingerprint density at radius 2 is 1.72 bits per heavy atom. The number of hydrogen-bond donors (Lipinski definition) is 2. The van der Waals surface area contributed by atoms with Crippen molar-refractivity contribution in [1.29, 1.82) is 0 Å². The van der Waals surface area contributed by atoms with Crippen molar-refractivity contribution < 1.29 is 23.5 Å². The number of aryl methyl sites for hydroxylation is 3. The molecule has 0 radical (unpaired) electrons. The first kappa shape index (κ1) is 25.6. The number of fused-ring (bicyclic) bond motifs is 2. The van der Waals surface area contributed by atoms with Crippen LogP contribution < -0.4 is 10.9 Å². The van der Waals surface area contributed by atoms with Crippen molar-refractivity contribution in [2.75, 3.05) is 12.0 Å². The molecule has 0 unspecified atom stereocenters. The van der Waals surface area contributed by atoms with Crippen molar-refractivity contribution >= 4 is 45.6 Å². The molecule has 0 aliphatic heterocycles. The van der Waals surface area contributed by atoms with Crippen LogP contribution in [0.15, 0.2) is 50.0 Å². The highest BCUT2D eigenvalue weighted by Crippen LogP contribution is 2.39. The molecule has 0 bridgehead atoms. The normalized spacial score (nSPS) is 12.2. The van der Waals surface area contributed by atoms with Crippen LogP contribution in [0.25, 0.3) is 33.1 Å². The Labute approximate surface area is 212 Å². The number of amides is 1. The molecular weight excluding hydrogens is 478 g/mol. The summed E-state index contributed by atoms with van der Waals surface area (Å²) >= 11 is 1.52. The molecule has 0 aliphatic carbocycles. The number of carbonyl (C=O) groups is 2. The summed E-state index contributed by atoms with van der Waals surface area (Å²) in [6.07, 6.45) is 2.35. The van der Waals surface area contributed by atoms with E-state index in [1.165, 1.54) is 11.8 Å². The molecule has 2 aromatic heterocycles. The quantitative estimate of drug-likeness (QED) is 0.292. The van der Waals surface area contributed by atoms with E-state index >= 15 is 0 Å². The maximum Gasteiger partial charge on any atom is 0.339 e. The number of carboxylic acid groups (broad SMARTS) is 1. The lowest BCUT2D eigenvalue weighted by Gasteiger charge is -2.14. The van der Waals surface area contributed by atoms with Crippen LogP contribution in [-0.4, -0.2) is 35.0 Å². The van der Waals surface area contributed by atoms with Gasteiger partial charge in [-0.05, 0) is 62.8 Å². The number of rotatable bonds is 9. The summed E-state index contributed by atoms with van der Waals surface area (Å²) < 4.78 is 11.8. The number of aliphatic carboxylic acids is 1. The second-order valence-corrected chi connectivity index (χ2v) is 9.87. The fourth-order valence-electron chi connectivity index (χ4n) is 4.62. The van der Waals surface area contributed by atoms with Crippen molar-refractivity contribution in [3.63, 3.8) is 0 Å². The SMILES string of the molecule is CSCC[C@H](NC(=O)CCc1c(C)c2cc3c(-c4ccccc4)c(C)oc3c(C)c2oc1=O)C(=O)O. The fraction of sp³-hybridized carbons (Fsp3) is 0.321. The molecule has 0 saturated heterocycles. The Bertz CT molecular complexity index is 1500. The van der Waals surface area contributed by atoms with Gasteiger partial charge in [-0.15, -0.1) is 0 Å². The van der Waals surface area contributed by atoms with Gasteiger partial charge in [-0.25, -0.2) is 9.59 Å². The number of benzene rings is 2. The van der Waals surface area contributed by atoms with Gasteiger partial charge in [0.15, 0.2) is 0 Å². The van der Waals surface area contributed by atoms with Crippen LogP contribution in [0.3, 0.4) is 0 Å². The first-order valence-electron chi connectivity index (χ1n) is 11.8. The zero-order chi connectivity index (χ0) is 26.0. The molecule has 4 rings (SSSR count). The molecule has 0 aliphatic rings. The summed E-state index contributed by atoms with van der Waals surface area (Å²) in [7, 11) is 0. The lowest BCUT2D eigenvalue weighted by atomic mass is 9.96. The molecule has 0 saturated carbocycles. The Balaban J connectivity index is 1.70. The highest BCUT2D eigenvalue weighted by atomic mass is 32.2. The summed E-state index contributed by atoms with van der Waals surface area (Å²) in [6, 6.07) is 11.0. The van der Waals surface area contributed by atoms with E-state index in [2.05, 4.69) is 5.32 Å². The molecule has 2 aromatic carbocycles. The highest BCUT2D eigenvalue weighted by Gasteiger charge is 2.22. The van der Waals surface area contributed by atoms with E-state index in [-0.39, 0.29) is 12.8 Å². The van der Waals surface area contributed by atoms with Crippen molar-refractivity contribution in [3.05, 3.63) is 69.3 Å². The van der Waals surface area contributed by atoms with Crippen molar-refractivity contribution in [3.8, 4) is 11.1 Å². The van der Waals surface area contributed by atoms with Crippen molar-refractivity contribution in [2.24, 2.45) is 0 Å². The Kier molecular flexibility index (Phi) is 7.54. The van der Waals surface area contributed by atoms with E-state index in [4.69, 9.17) is 8.83 Å². The molecule has 7 nitrogen and oxygen atoms in total. The minimum atomic E-state index is -1.07. The standard InChI is InChI=1S/C28H29NO6S/c1-15-19(10-11-23(30)29-22(27(31)32)12-13-36-4)28(33)35-25-16(2)26-21(14-20(15)25)24(17(3)34-26)18-8-6-5-7-9-18/h5-9,14,22H,10-13H2,1-4H3,(H,29,30)(H,31,32)/t22-/m0/s1. The van der Waals surface area contributed by atoms with Crippen LogP contribution in [0.1, 0.15) is 35.3 Å². The Morgan fingerprint density at radius 3 is 2.39 bits per heavy atom. The first-order chi connectivity index (χ1) is 17.2. The van der Waals surface area contributed by atoms with Gasteiger partial charge in [0, 0.05) is 33.9 Å². The van der Waals surface area contributed by atoms with E-state index < -0.39 is 23.5 Å². The van der Waals surface area contributed by atoms with Gasteiger partial charge >= 0.3 is 11.6 Å². The third-order valence-corrected chi connectivity index (χ3v) is 7.19. The van der Waals surface area contributed by atoms with E-state index in [1.54, 1.807) is 0 Å². The third kappa shape index (κ3) is 4.91. The number of nitrogens with one attached hydrogen (secondary N) is 1. The predicted octanol–water partition coefficient (Wildman–Crippen LogP) is 5.39. The number of carboxylic acids is 1. The predicted molar refractivity (Wildman–Crippen MR) is 143 cm³/mol. The minimum absolute atomic E-state index is 0.0124. The summed E-state index contributed by atoms with van der Waals surface area (Å²) in [5, 5.41) is 13.6. The molecule has 8 heteroatoms. The third-order valence-electron chi connectivity index (χ3n) is 6.54. The van der Waals surface area contributed by atoms with Crippen LogP contribution in [0.5, 0.6) is 0 Å². The zero-order valence-corrected chi connectivity index (χ0v) is 21.6. The summed E-state index contributed by atoms with van der Waals surface area (Å²) in [6.45, 7) is 5.65. The maximum atomic E-state index is 12.9. The maximum absolute atomic E-state index is 12.9. The average Bonchev–Trinajstić information content (AvgIpc) is 3.19. The van der Waals surface area contributed by atoms with E-state index in [9.17, 15) is 19.5 Å². The Morgan fingerprint density at radius 1 is 1.03 bits per heavy atom. The molecule has 1 atom stereocenters. The van der Waals surface area contributed by atoms with Gasteiger partial charge < -0.3 is 19.3 Å². The lowest BCUT2D eigenvalue weighted by Crippen LogP contribution is -2.41. The van der Waals surface area contributed by atoms with Crippen molar-refractivity contribution in [2.45, 2.75) is 46.1 Å². The van der Waals surface area contributed by atoms with E-state index in [1.807, 2.05) is 63.4 Å². The topological polar surface area (TPSA) is 110 Å². The molecule has 2 heterocycles. The first-order valence-corrected chi connectivity index (χ1v) is 13.2. The molecule has 4 aromatic rings. The molecule has 0 fully saturated rings. The largest absolute Gasteiger partial charge is 0.480 e. The second-order valence-electron chi connectivity index (χ2n) is 8.89. The van der Waals surface area contributed by atoms with E-state index in [0.717, 1.165) is 38.8 Å². The van der Waals surface area contributed by atoms with Gasteiger partial charge in [0.1, 0.15) is 23.0 Å². The van der Waals surface area contributed by atoms with E-state index in [0.29, 0.717) is 28.9 Å². The van der Waals surface area contributed by atoms with Gasteiger partial charge in [-0.2, -0.15) is 11.8 Å². The average molecular weight is 508 g/mol. The fourth-order valence-corrected chi connectivity index (χ4v) is 5.10. The van der Waals surface area contributed by atoms with Gasteiger partial charge in [0.05, 0.1) is 0 Å². The smallest absolute Gasteiger partial charge is 0.339 e. The van der Waals surface area contributed by atoms with Crippen LogP contribution in [0, 0.1) is 20.8 Å². The number of carbonyl (C=O) groups excluding carboxylic acids is 1. The summed E-state index contributed by atoms with van der Waals surface area (Å²) in [4.78, 5) is 36.8. The number of thioether (sulfide) groups is 1. The molecular formula is C28H29NO6S. The Hall–Kier alpha value is -3.52. The van der Waals surface area contributed by atoms with Gasteiger partial charge in [0.25, 0.3) is 0 Å². The monoisotopic (exact) mass is 507 g/mol. The minimum Gasteiger partial charge on any atom is -0.480 e.